The maximum Gasteiger partial charge on any atom is 0.411 e. The summed E-state index contributed by atoms with van der Waals surface area (Å²) in [5.41, 5.74) is 0.694. The first-order valence-electron chi connectivity index (χ1n) is 5.47. The molecule has 0 saturated heterocycles. The van der Waals surface area contributed by atoms with E-state index in [0.717, 1.165) is 4.47 Å². The normalized spacial score (nSPS) is 13.4. The predicted octanol–water partition coefficient (Wildman–Crippen LogP) is 2.94. The smallest absolute Gasteiger partial charge is 0.411 e. The van der Waals surface area contributed by atoms with E-state index < -0.39 is 18.9 Å². The molecule has 1 atom stereocenters. The van der Waals surface area contributed by atoms with E-state index in [4.69, 9.17) is 4.74 Å². The summed E-state index contributed by atoms with van der Waals surface area (Å²) in [6.45, 7) is -1.74. The molecule has 0 aromatic heterocycles. The fourth-order valence-corrected chi connectivity index (χ4v) is 1.94. The van der Waals surface area contributed by atoms with Crippen LogP contribution in [0.25, 0.3) is 0 Å². The first-order valence-corrected chi connectivity index (χ1v) is 6.26. The molecule has 7 heteroatoms. The van der Waals surface area contributed by atoms with Crippen LogP contribution in [-0.4, -0.2) is 37.7 Å². The molecule has 0 radical (unpaired) electrons. The lowest BCUT2D eigenvalue weighted by Crippen LogP contribution is -2.24. The van der Waals surface area contributed by atoms with Crippen molar-refractivity contribution in [2.45, 2.75) is 18.7 Å². The number of hydrogen-bond acceptors (Lipinski definition) is 3. The third kappa shape index (κ3) is 6.26. The number of aliphatic hydroxyl groups excluding tert-OH is 1. The number of ether oxygens (including phenoxy) is 2. The first-order chi connectivity index (χ1) is 8.81. The zero-order chi connectivity index (χ0) is 14.5. The van der Waals surface area contributed by atoms with E-state index in [0.29, 0.717) is 11.3 Å². The fraction of sp³-hybridized carbons (Fsp3) is 0.500. The average Bonchev–Trinajstić information content (AvgIpc) is 2.27. The van der Waals surface area contributed by atoms with Crippen LogP contribution in [0.1, 0.15) is 5.56 Å². The van der Waals surface area contributed by atoms with Crippen molar-refractivity contribution in [2.24, 2.45) is 0 Å². The SMILES string of the molecule is COc1ccc(Br)cc1CC(O)COCC(F)(F)F. The number of methoxy groups -OCH3 is 1. The van der Waals surface area contributed by atoms with Crippen LogP contribution in [0, 0.1) is 0 Å². The van der Waals surface area contributed by atoms with E-state index >= 15 is 0 Å². The van der Waals surface area contributed by atoms with Crippen molar-refractivity contribution in [3.05, 3.63) is 28.2 Å². The van der Waals surface area contributed by atoms with Crippen molar-refractivity contribution in [2.75, 3.05) is 20.3 Å². The Morgan fingerprint density at radius 3 is 2.63 bits per heavy atom. The zero-order valence-electron chi connectivity index (χ0n) is 10.2. The van der Waals surface area contributed by atoms with Crippen LogP contribution in [0.15, 0.2) is 22.7 Å². The highest BCUT2D eigenvalue weighted by atomic mass is 79.9. The Balaban J connectivity index is 2.52. The Bertz CT molecular complexity index is 410. The van der Waals surface area contributed by atoms with E-state index in [1.807, 2.05) is 0 Å². The van der Waals surface area contributed by atoms with E-state index in [1.165, 1.54) is 7.11 Å². The van der Waals surface area contributed by atoms with E-state index in [2.05, 4.69) is 20.7 Å². The maximum atomic E-state index is 11.9. The summed E-state index contributed by atoms with van der Waals surface area (Å²) in [7, 11) is 1.49. The molecule has 0 aliphatic heterocycles. The molecule has 0 fully saturated rings. The lowest BCUT2D eigenvalue weighted by molar-refractivity contribution is -0.179. The first kappa shape index (κ1) is 16.3. The molecule has 0 saturated carbocycles. The van der Waals surface area contributed by atoms with Crippen LogP contribution in [0.3, 0.4) is 0 Å². The number of alkyl halides is 3. The van der Waals surface area contributed by atoms with Gasteiger partial charge in [0.15, 0.2) is 0 Å². The monoisotopic (exact) mass is 342 g/mol. The Labute approximate surface area is 117 Å². The van der Waals surface area contributed by atoms with Crippen LogP contribution < -0.4 is 4.74 Å². The molecule has 19 heavy (non-hydrogen) atoms. The van der Waals surface area contributed by atoms with Crippen LogP contribution >= 0.6 is 15.9 Å². The van der Waals surface area contributed by atoms with Gasteiger partial charge in [-0.3, -0.25) is 0 Å². The summed E-state index contributed by atoms with van der Waals surface area (Å²) in [5, 5.41) is 9.65. The Morgan fingerprint density at radius 1 is 1.37 bits per heavy atom. The molecule has 108 valence electrons. The number of halogens is 4. The summed E-state index contributed by atoms with van der Waals surface area (Å²) in [5.74, 6) is 0.568. The summed E-state index contributed by atoms with van der Waals surface area (Å²) in [6, 6.07) is 5.23. The topological polar surface area (TPSA) is 38.7 Å². The molecular formula is C12H14BrF3O3. The number of rotatable bonds is 6. The van der Waals surface area contributed by atoms with Crippen molar-refractivity contribution in [1.29, 1.82) is 0 Å². The van der Waals surface area contributed by atoms with Gasteiger partial charge >= 0.3 is 6.18 Å². The molecule has 1 rings (SSSR count). The van der Waals surface area contributed by atoms with E-state index in [9.17, 15) is 18.3 Å². The Morgan fingerprint density at radius 2 is 2.05 bits per heavy atom. The van der Waals surface area contributed by atoms with Crippen molar-refractivity contribution in [3.63, 3.8) is 0 Å². The fourth-order valence-electron chi connectivity index (χ4n) is 1.53. The van der Waals surface area contributed by atoms with Crippen molar-refractivity contribution < 1.29 is 27.8 Å². The molecule has 3 nitrogen and oxygen atoms in total. The van der Waals surface area contributed by atoms with Gasteiger partial charge in [-0.05, 0) is 23.8 Å². The molecule has 0 aliphatic carbocycles. The van der Waals surface area contributed by atoms with Gasteiger partial charge in [-0.25, -0.2) is 0 Å². The standard InChI is InChI=1S/C12H14BrF3O3/c1-18-11-3-2-9(13)4-8(11)5-10(17)6-19-7-12(14,15)16/h2-4,10,17H,5-7H2,1H3. The molecular weight excluding hydrogens is 329 g/mol. The second kappa shape index (κ2) is 7.12. The van der Waals surface area contributed by atoms with Crippen molar-refractivity contribution in [3.8, 4) is 5.75 Å². The van der Waals surface area contributed by atoms with E-state index in [1.54, 1.807) is 18.2 Å². The van der Waals surface area contributed by atoms with Crippen molar-refractivity contribution >= 4 is 15.9 Å². The largest absolute Gasteiger partial charge is 0.496 e. The highest BCUT2D eigenvalue weighted by molar-refractivity contribution is 9.10. The Hall–Kier alpha value is -0.790. The third-order valence-corrected chi connectivity index (χ3v) is 2.77. The molecule has 0 bridgehead atoms. The number of aliphatic hydroxyl groups is 1. The van der Waals surface area contributed by atoms with Gasteiger partial charge in [-0.15, -0.1) is 0 Å². The molecule has 1 N–H and O–H groups in total. The average molecular weight is 343 g/mol. The second-order valence-corrected chi connectivity index (χ2v) is 4.86. The van der Waals surface area contributed by atoms with Gasteiger partial charge in [0.25, 0.3) is 0 Å². The van der Waals surface area contributed by atoms with Gasteiger partial charge in [0.05, 0.1) is 19.8 Å². The molecule has 1 unspecified atom stereocenters. The summed E-state index contributed by atoms with van der Waals surface area (Å²) in [4.78, 5) is 0. The van der Waals surface area contributed by atoms with Crippen LogP contribution in [0.2, 0.25) is 0 Å². The molecule has 0 amide bonds. The van der Waals surface area contributed by atoms with Crippen molar-refractivity contribution in [1.82, 2.24) is 0 Å². The lowest BCUT2D eigenvalue weighted by Gasteiger charge is -2.15. The van der Waals surface area contributed by atoms with Gasteiger partial charge in [0.1, 0.15) is 12.4 Å². The van der Waals surface area contributed by atoms with Gasteiger partial charge in [0.2, 0.25) is 0 Å². The quantitative estimate of drug-likeness (QED) is 0.863. The number of benzene rings is 1. The summed E-state index contributed by atoms with van der Waals surface area (Å²) < 4.78 is 45.9. The molecule has 0 heterocycles. The van der Waals surface area contributed by atoms with Crippen LogP contribution in [-0.2, 0) is 11.2 Å². The van der Waals surface area contributed by atoms with Crippen LogP contribution in [0.4, 0.5) is 13.2 Å². The maximum absolute atomic E-state index is 11.9. The van der Waals surface area contributed by atoms with Gasteiger partial charge in [-0.1, -0.05) is 15.9 Å². The highest BCUT2D eigenvalue weighted by Crippen LogP contribution is 2.24. The summed E-state index contributed by atoms with van der Waals surface area (Å²) in [6.07, 6.45) is -5.25. The van der Waals surface area contributed by atoms with E-state index in [-0.39, 0.29) is 13.0 Å². The highest BCUT2D eigenvalue weighted by Gasteiger charge is 2.27. The zero-order valence-corrected chi connectivity index (χ0v) is 11.8. The van der Waals surface area contributed by atoms with Gasteiger partial charge in [-0.2, -0.15) is 13.2 Å². The van der Waals surface area contributed by atoms with Gasteiger partial charge in [0, 0.05) is 10.9 Å². The van der Waals surface area contributed by atoms with Gasteiger partial charge < -0.3 is 14.6 Å². The predicted molar refractivity (Wildman–Crippen MR) is 67.3 cm³/mol. The number of hydrogen-bond donors (Lipinski definition) is 1. The summed E-state index contributed by atoms with van der Waals surface area (Å²) >= 11 is 3.28. The molecule has 1 aromatic carbocycles. The minimum Gasteiger partial charge on any atom is -0.496 e. The van der Waals surface area contributed by atoms with Crippen LogP contribution in [0.5, 0.6) is 5.75 Å². The second-order valence-electron chi connectivity index (χ2n) is 3.94. The lowest BCUT2D eigenvalue weighted by atomic mass is 10.1. The molecule has 1 aromatic rings. The molecule has 0 aliphatic rings. The minimum atomic E-state index is -4.38. The third-order valence-electron chi connectivity index (χ3n) is 2.27. The Kier molecular flexibility index (Phi) is 6.09. The minimum absolute atomic E-state index is 0.153. The molecule has 0 spiro atoms.